The summed E-state index contributed by atoms with van der Waals surface area (Å²) in [6.45, 7) is 11.4. The van der Waals surface area contributed by atoms with Gasteiger partial charge in [0.2, 0.25) is 0 Å². The van der Waals surface area contributed by atoms with Crippen molar-refractivity contribution in [2.45, 2.75) is 46.5 Å². The molecule has 20 heavy (non-hydrogen) atoms. The topological polar surface area (TPSA) is 55.6 Å². The van der Waals surface area contributed by atoms with Gasteiger partial charge in [0.25, 0.3) is 0 Å². The van der Waals surface area contributed by atoms with Crippen LogP contribution in [0.25, 0.3) is 5.82 Å². The highest BCUT2D eigenvalue weighted by molar-refractivity contribution is 5.51. The molecule has 108 valence electrons. The van der Waals surface area contributed by atoms with Crippen LogP contribution in [0.4, 0.5) is 5.82 Å². The largest absolute Gasteiger partial charge is 0.370 e. The van der Waals surface area contributed by atoms with Crippen LogP contribution in [0.1, 0.15) is 45.5 Å². The molecule has 1 N–H and O–H groups in total. The number of hydrogen-bond donors (Lipinski definition) is 1. The zero-order chi connectivity index (χ0) is 14.8. The van der Waals surface area contributed by atoms with E-state index in [2.05, 4.69) is 43.1 Å². The van der Waals surface area contributed by atoms with Gasteiger partial charge in [-0.2, -0.15) is 5.10 Å². The Balaban J connectivity index is 2.55. The Morgan fingerprint density at radius 3 is 2.55 bits per heavy atom. The Bertz CT molecular complexity index is 567. The van der Waals surface area contributed by atoms with E-state index >= 15 is 0 Å². The predicted molar refractivity (Wildman–Crippen MR) is 81.4 cm³/mol. The molecule has 0 aromatic carbocycles. The maximum absolute atomic E-state index is 4.70. The van der Waals surface area contributed by atoms with Crippen LogP contribution < -0.4 is 5.32 Å². The summed E-state index contributed by atoms with van der Waals surface area (Å²) in [4.78, 5) is 9.39. The molecule has 2 aromatic heterocycles. The van der Waals surface area contributed by atoms with E-state index in [9.17, 15) is 0 Å². The highest BCUT2D eigenvalue weighted by Crippen LogP contribution is 2.25. The summed E-state index contributed by atoms with van der Waals surface area (Å²) in [5.74, 6) is 2.57. The van der Waals surface area contributed by atoms with Gasteiger partial charge in [-0.1, -0.05) is 27.7 Å². The lowest BCUT2D eigenvalue weighted by atomic mass is 9.95. The third-order valence-electron chi connectivity index (χ3n) is 3.05. The number of rotatable bonds is 4. The first-order valence-corrected chi connectivity index (χ1v) is 7.06. The lowest BCUT2D eigenvalue weighted by Gasteiger charge is -2.20. The van der Waals surface area contributed by atoms with Crippen LogP contribution in [0.3, 0.4) is 0 Å². The van der Waals surface area contributed by atoms with Crippen molar-refractivity contribution in [2.75, 3.05) is 11.9 Å². The zero-order valence-electron chi connectivity index (χ0n) is 12.9. The number of aromatic nitrogens is 4. The van der Waals surface area contributed by atoms with Crippen LogP contribution in [0.2, 0.25) is 0 Å². The number of nitrogens with zero attached hydrogens (tertiary/aromatic N) is 4. The molecule has 0 spiro atoms. The molecule has 0 aliphatic carbocycles. The van der Waals surface area contributed by atoms with Crippen molar-refractivity contribution in [1.29, 1.82) is 0 Å². The second-order valence-corrected chi connectivity index (χ2v) is 5.97. The highest BCUT2D eigenvalue weighted by Gasteiger charge is 2.21. The minimum Gasteiger partial charge on any atom is -0.370 e. The first kappa shape index (κ1) is 14.5. The van der Waals surface area contributed by atoms with Crippen molar-refractivity contribution >= 4 is 5.82 Å². The van der Waals surface area contributed by atoms with Crippen molar-refractivity contribution in [3.05, 3.63) is 29.8 Å². The normalized spacial score (nSPS) is 11.7. The Labute approximate surface area is 120 Å². The molecule has 2 heterocycles. The number of anilines is 1. The van der Waals surface area contributed by atoms with Crippen LogP contribution in [-0.2, 0) is 5.41 Å². The molecule has 0 atom stereocenters. The molecule has 5 nitrogen and oxygen atoms in total. The molecule has 0 bridgehead atoms. The van der Waals surface area contributed by atoms with Gasteiger partial charge < -0.3 is 5.32 Å². The van der Waals surface area contributed by atoms with E-state index in [4.69, 9.17) is 4.98 Å². The summed E-state index contributed by atoms with van der Waals surface area (Å²) in [7, 11) is 0. The lowest BCUT2D eigenvalue weighted by Crippen LogP contribution is -2.20. The maximum atomic E-state index is 4.70. The van der Waals surface area contributed by atoms with Gasteiger partial charge in [-0.15, -0.1) is 0 Å². The van der Waals surface area contributed by atoms with Crippen molar-refractivity contribution in [2.24, 2.45) is 0 Å². The highest BCUT2D eigenvalue weighted by atomic mass is 15.3. The predicted octanol–water partition coefficient (Wildman–Crippen LogP) is 3.09. The summed E-state index contributed by atoms with van der Waals surface area (Å²) in [6, 6.07) is 1.90. The van der Waals surface area contributed by atoms with Gasteiger partial charge in [0.1, 0.15) is 11.6 Å². The zero-order valence-corrected chi connectivity index (χ0v) is 12.9. The van der Waals surface area contributed by atoms with Crippen LogP contribution in [0.5, 0.6) is 0 Å². The van der Waals surface area contributed by atoms with Gasteiger partial charge in [0.15, 0.2) is 5.82 Å². The molecular weight excluding hydrogens is 250 g/mol. The van der Waals surface area contributed by atoms with Crippen molar-refractivity contribution in [1.82, 2.24) is 19.7 Å². The van der Waals surface area contributed by atoms with Crippen LogP contribution in [0, 0.1) is 6.92 Å². The average molecular weight is 273 g/mol. The summed E-state index contributed by atoms with van der Waals surface area (Å²) >= 11 is 0. The molecule has 0 radical (unpaired) electrons. The fraction of sp³-hybridized carbons (Fsp3) is 0.533. The van der Waals surface area contributed by atoms with Crippen molar-refractivity contribution < 1.29 is 0 Å². The molecule has 0 saturated carbocycles. The lowest BCUT2D eigenvalue weighted by molar-refractivity contribution is 0.542. The average Bonchev–Trinajstić information content (AvgIpc) is 2.90. The Morgan fingerprint density at radius 1 is 1.25 bits per heavy atom. The smallest absolute Gasteiger partial charge is 0.162 e. The molecular formula is C15H23N5. The summed E-state index contributed by atoms with van der Waals surface area (Å²) in [6.07, 6.45) is 4.73. The second-order valence-electron chi connectivity index (χ2n) is 5.97. The molecule has 0 aliphatic rings. The quantitative estimate of drug-likeness (QED) is 0.930. The van der Waals surface area contributed by atoms with E-state index < -0.39 is 0 Å². The van der Waals surface area contributed by atoms with E-state index in [1.165, 1.54) is 0 Å². The molecule has 5 heteroatoms. The molecule has 0 amide bonds. The third-order valence-corrected chi connectivity index (χ3v) is 3.05. The van der Waals surface area contributed by atoms with Gasteiger partial charge in [-0.05, 0) is 19.4 Å². The van der Waals surface area contributed by atoms with E-state index in [-0.39, 0.29) is 5.41 Å². The summed E-state index contributed by atoms with van der Waals surface area (Å²) < 4.78 is 1.80. The van der Waals surface area contributed by atoms with Gasteiger partial charge in [-0.3, -0.25) is 0 Å². The number of hydrogen-bond acceptors (Lipinski definition) is 4. The van der Waals surface area contributed by atoms with Gasteiger partial charge >= 0.3 is 0 Å². The fourth-order valence-corrected chi connectivity index (χ4v) is 1.87. The first-order valence-electron chi connectivity index (χ1n) is 7.06. The van der Waals surface area contributed by atoms with Crippen LogP contribution >= 0.6 is 0 Å². The Morgan fingerprint density at radius 2 is 2.00 bits per heavy atom. The molecule has 0 fully saturated rings. The first-order chi connectivity index (χ1) is 9.43. The molecule has 0 saturated heterocycles. The van der Waals surface area contributed by atoms with Crippen molar-refractivity contribution in [3.8, 4) is 5.82 Å². The second kappa shape index (κ2) is 5.61. The van der Waals surface area contributed by atoms with E-state index in [1.807, 2.05) is 19.2 Å². The molecule has 2 aromatic rings. The van der Waals surface area contributed by atoms with Gasteiger partial charge in [0.05, 0.1) is 0 Å². The maximum Gasteiger partial charge on any atom is 0.162 e. The van der Waals surface area contributed by atoms with Gasteiger partial charge in [0, 0.05) is 29.9 Å². The summed E-state index contributed by atoms with van der Waals surface area (Å²) in [5.41, 5.74) is 0.924. The minimum absolute atomic E-state index is 0.0990. The Kier molecular flexibility index (Phi) is 4.06. The Hall–Kier alpha value is -1.91. The molecule has 0 unspecified atom stereocenters. The summed E-state index contributed by atoms with van der Waals surface area (Å²) in [5, 5.41) is 7.68. The minimum atomic E-state index is -0.0990. The monoisotopic (exact) mass is 273 g/mol. The molecule has 2 rings (SSSR count). The SMILES string of the molecule is CCCNc1nc(C(C)(C)C)nc(-n2cccn2)c1C. The van der Waals surface area contributed by atoms with Crippen LogP contribution in [-0.4, -0.2) is 26.3 Å². The van der Waals surface area contributed by atoms with E-state index in [0.717, 1.165) is 36.0 Å². The third kappa shape index (κ3) is 2.98. The van der Waals surface area contributed by atoms with E-state index in [1.54, 1.807) is 10.9 Å². The number of nitrogens with one attached hydrogen (secondary N) is 1. The van der Waals surface area contributed by atoms with Gasteiger partial charge in [-0.25, -0.2) is 14.6 Å². The fourth-order valence-electron chi connectivity index (χ4n) is 1.87. The van der Waals surface area contributed by atoms with Crippen LogP contribution in [0.15, 0.2) is 18.5 Å². The standard InChI is InChI=1S/C15H23N5/c1-6-8-16-12-11(2)13(20-10-7-9-17-20)19-14(18-12)15(3,4)5/h7,9-10H,6,8H2,1-5H3,(H,16,18,19). The van der Waals surface area contributed by atoms with E-state index in [0.29, 0.717) is 0 Å². The molecule has 0 aliphatic heterocycles. The van der Waals surface area contributed by atoms with Crippen molar-refractivity contribution in [3.63, 3.8) is 0 Å².